The standard InChI is InChI=1S/C15H10F3IN4OS/c16-15(17,18)9-5-6-12-21-22-14(23(12)7-9)25-8-13(24)20-11-4-2-1-3-10(11)19/h1-7H,8H2,(H,20,24). The molecule has 0 aliphatic carbocycles. The normalized spacial score (nSPS) is 11.7. The third-order valence-corrected chi connectivity index (χ3v) is 5.06. The van der Waals surface area contributed by atoms with Crippen molar-refractivity contribution in [2.24, 2.45) is 0 Å². The molecule has 2 aromatic heterocycles. The van der Waals surface area contributed by atoms with Crippen molar-refractivity contribution in [3.8, 4) is 0 Å². The predicted octanol–water partition coefficient (Wildman–Crippen LogP) is 4.08. The first-order valence-corrected chi connectivity index (χ1v) is 9.00. The number of nitrogens with zero attached hydrogens (tertiary/aromatic N) is 3. The van der Waals surface area contributed by atoms with E-state index in [0.29, 0.717) is 5.69 Å². The van der Waals surface area contributed by atoms with Crippen molar-refractivity contribution >= 4 is 51.6 Å². The van der Waals surface area contributed by atoms with Crippen molar-refractivity contribution in [3.05, 3.63) is 51.7 Å². The zero-order valence-corrected chi connectivity index (χ0v) is 15.4. The Morgan fingerprint density at radius 3 is 2.68 bits per heavy atom. The average molecular weight is 478 g/mol. The second-order valence-electron chi connectivity index (χ2n) is 4.94. The highest BCUT2D eigenvalue weighted by molar-refractivity contribution is 14.1. The molecule has 5 nitrogen and oxygen atoms in total. The molecule has 0 atom stereocenters. The van der Waals surface area contributed by atoms with E-state index in [-0.39, 0.29) is 22.5 Å². The molecular weight excluding hydrogens is 468 g/mol. The number of carbonyl (C=O) groups is 1. The van der Waals surface area contributed by atoms with Gasteiger partial charge in [0.1, 0.15) is 0 Å². The first-order chi connectivity index (χ1) is 11.8. The molecule has 130 valence electrons. The van der Waals surface area contributed by atoms with Crippen LogP contribution >= 0.6 is 34.4 Å². The number of halogens is 4. The Morgan fingerprint density at radius 2 is 1.96 bits per heavy atom. The number of nitrogens with one attached hydrogen (secondary N) is 1. The summed E-state index contributed by atoms with van der Waals surface area (Å²) in [5, 5.41) is 10.6. The van der Waals surface area contributed by atoms with Crippen LogP contribution in [-0.2, 0) is 11.0 Å². The Balaban J connectivity index is 1.73. The monoisotopic (exact) mass is 478 g/mol. The lowest BCUT2D eigenvalue weighted by atomic mass is 10.3. The predicted molar refractivity (Wildman–Crippen MR) is 96.5 cm³/mol. The molecule has 0 radical (unpaired) electrons. The summed E-state index contributed by atoms with van der Waals surface area (Å²) in [5.74, 6) is -0.278. The molecular formula is C15H10F3IN4OS. The molecule has 3 rings (SSSR count). The second-order valence-corrected chi connectivity index (χ2v) is 7.05. The molecule has 1 amide bonds. The molecule has 10 heteroatoms. The zero-order chi connectivity index (χ0) is 18.0. The number of benzene rings is 1. The summed E-state index contributed by atoms with van der Waals surface area (Å²) in [5.41, 5.74) is 0.164. The summed E-state index contributed by atoms with van der Waals surface area (Å²) in [4.78, 5) is 12.0. The number of rotatable bonds is 4. The summed E-state index contributed by atoms with van der Waals surface area (Å²) >= 11 is 3.12. The van der Waals surface area contributed by atoms with Gasteiger partial charge in [0, 0.05) is 9.77 Å². The Labute approximate surface area is 158 Å². The van der Waals surface area contributed by atoms with Gasteiger partial charge in [0.25, 0.3) is 0 Å². The van der Waals surface area contributed by atoms with Gasteiger partial charge in [-0.15, -0.1) is 10.2 Å². The number of amides is 1. The zero-order valence-electron chi connectivity index (χ0n) is 12.4. The molecule has 1 N–H and O–H groups in total. The second kappa shape index (κ2) is 7.20. The van der Waals surface area contributed by atoms with Gasteiger partial charge >= 0.3 is 6.18 Å². The van der Waals surface area contributed by atoms with Gasteiger partial charge in [-0.25, -0.2) is 0 Å². The van der Waals surface area contributed by atoms with Gasteiger partial charge in [-0.1, -0.05) is 23.9 Å². The maximum atomic E-state index is 12.8. The number of anilines is 1. The SMILES string of the molecule is O=C(CSc1nnc2ccc(C(F)(F)F)cn12)Nc1ccccc1I. The number of aromatic nitrogens is 3. The highest BCUT2D eigenvalue weighted by Crippen LogP contribution is 2.30. The van der Waals surface area contributed by atoms with Crippen molar-refractivity contribution in [2.75, 3.05) is 11.1 Å². The molecule has 0 saturated heterocycles. The number of thioether (sulfide) groups is 1. The number of hydrogen-bond acceptors (Lipinski definition) is 4. The third-order valence-electron chi connectivity index (χ3n) is 3.18. The van der Waals surface area contributed by atoms with Gasteiger partial charge in [0.15, 0.2) is 10.8 Å². The summed E-state index contributed by atoms with van der Waals surface area (Å²) in [6.07, 6.45) is -3.53. The number of fused-ring (bicyclic) bond motifs is 1. The van der Waals surface area contributed by atoms with Crippen molar-refractivity contribution in [3.63, 3.8) is 0 Å². The van der Waals surface area contributed by atoms with E-state index < -0.39 is 11.7 Å². The smallest absolute Gasteiger partial charge is 0.324 e. The molecule has 0 saturated carbocycles. The van der Waals surface area contributed by atoms with Crippen LogP contribution in [0.1, 0.15) is 5.56 Å². The lowest BCUT2D eigenvalue weighted by Crippen LogP contribution is -2.15. The molecule has 0 unspecified atom stereocenters. The first kappa shape index (κ1) is 18.0. The topological polar surface area (TPSA) is 59.3 Å². The summed E-state index contributed by atoms with van der Waals surface area (Å²) in [6, 6.07) is 9.47. The Morgan fingerprint density at radius 1 is 1.20 bits per heavy atom. The van der Waals surface area contributed by atoms with Crippen LogP contribution in [0.25, 0.3) is 5.65 Å². The molecule has 0 fully saturated rings. The van der Waals surface area contributed by atoms with Crippen molar-refractivity contribution in [1.29, 1.82) is 0 Å². The van der Waals surface area contributed by atoms with Gasteiger partial charge < -0.3 is 5.32 Å². The first-order valence-electron chi connectivity index (χ1n) is 6.94. The highest BCUT2D eigenvalue weighted by Gasteiger charge is 2.31. The Kier molecular flexibility index (Phi) is 5.18. The van der Waals surface area contributed by atoms with E-state index in [1.165, 1.54) is 10.5 Å². The van der Waals surface area contributed by atoms with E-state index in [2.05, 4.69) is 38.1 Å². The molecule has 0 bridgehead atoms. The van der Waals surface area contributed by atoms with Gasteiger partial charge in [-0.05, 0) is 46.9 Å². The van der Waals surface area contributed by atoms with Crippen LogP contribution < -0.4 is 5.32 Å². The van der Waals surface area contributed by atoms with E-state index in [4.69, 9.17) is 0 Å². The minimum absolute atomic E-state index is 0.00200. The Bertz CT molecular complexity index is 929. The van der Waals surface area contributed by atoms with E-state index in [1.54, 1.807) is 12.1 Å². The number of alkyl halides is 3. The summed E-state index contributed by atoms with van der Waals surface area (Å²) in [7, 11) is 0. The summed E-state index contributed by atoms with van der Waals surface area (Å²) < 4.78 is 40.6. The maximum Gasteiger partial charge on any atom is 0.417 e. The van der Waals surface area contributed by atoms with Crippen LogP contribution in [0.15, 0.2) is 47.8 Å². The van der Waals surface area contributed by atoms with Crippen LogP contribution in [0.3, 0.4) is 0 Å². The van der Waals surface area contributed by atoms with E-state index in [0.717, 1.165) is 27.6 Å². The molecule has 0 aliphatic rings. The van der Waals surface area contributed by atoms with Crippen LogP contribution in [0.4, 0.5) is 18.9 Å². The van der Waals surface area contributed by atoms with Crippen LogP contribution in [0.5, 0.6) is 0 Å². The molecule has 3 aromatic rings. The van der Waals surface area contributed by atoms with E-state index in [9.17, 15) is 18.0 Å². The van der Waals surface area contributed by atoms with Crippen LogP contribution in [0, 0.1) is 3.57 Å². The van der Waals surface area contributed by atoms with Gasteiger partial charge in [0.05, 0.1) is 17.0 Å². The number of pyridine rings is 1. The van der Waals surface area contributed by atoms with E-state index >= 15 is 0 Å². The number of carbonyl (C=O) groups excluding carboxylic acids is 1. The summed E-state index contributed by atoms with van der Waals surface area (Å²) in [6.45, 7) is 0. The average Bonchev–Trinajstić information content (AvgIpc) is 2.96. The fourth-order valence-corrected chi connectivity index (χ4v) is 3.25. The molecule has 2 heterocycles. The van der Waals surface area contributed by atoms with Crippen molar-refractivity contribution in [1.82, 2.24) is 14.6 Å². The molecule has 1 aromatic carbocycles. The molecule has 0 aliphatic heterocycles. The maximum absolute atomic E-state index is 12.8. The molecule has 25 heavy (non-hydrogen) atoms. The van der Waals surface area contributed by atoms with Gasteiger partial charge in [-0.2, -0.15) is 13.2 Å². The number of hydrogen-bond donors (Lipinski definition) is 1. The Hall–Kier alpha value is -1.82. The fourth-order valence-electron chi connectivity index (χ4n) is 2.01. The lowest BCUT2D eigenvalue weighted by Gasteiger charge is -2.08. The van der Waals surface area contributed by atoms with Crippen molar-refractivity contribution < 1.29 is 18.0 Å². The lowest BCUT2D eigenvalue weighted by molar-refractivity contribution is -0.137. The van der Waals surface area contributed by atoms with Crippen molar-refractivity contribution in [2.45, 2.75) is 11.3 Å². The minimum Gasteiger partial charge on any atom is -0.324 e. The van der Waals surface area contributed by atoms with Gasteiger partial charge in [-0.3, -0.25) is 9.20 Å². The van der Waals surface area contributed by atoms with Gasteiger partial charge in [0.2, 0.25) is 5.91 Å². The fraction of sp³-hybridized carbons (Fsp3) is 0.133. The highest BCUT2D eigenvalue weighted by atomic mass is 127. The minimum atomic E-state index is -4.46. The van der Waals surface area contributed by atoms with E-state index in [1.807, 2.05) is 12.1 Å². The number of para-hydroxylation sites is 1. The quantitative estimate of drug-likeness (QED) is 0.454. The third kappa shape index (κ3) is 4.24. The van der Waals surface area contributed by atoms with Crippen LogP contribution in [-0.4, -0.2) is 26.3 Å². The largest absolute Gasteiger partial charge is 0.417 e. The van der Waals surface area contributed by atoms with Crippen LogP contribution in [0.2, 0.25) is 0 Å². The molecule has 0 spiro atoms.